The van der Waals surface area contributed by atoms with Crippen LogP contribution in [0.1, 0.15) is 32.6 Å². The highest BCUT2D eigenvalue weighted by Gasteiger charge is 2.19. The van der Waals surface area contributed by atoms with Crippen molar-refractivity contribution in [3.8, 4) is 0 Å². The van der Waals surface area contributed by atoms with E-state index in [2.05, 4.69) is 26.9 Å². The molecule has 0 radical (unpaired) electrons. The molecule has 1 aromatic rings. The van der Waals surface area contributed by atoms with Crippen molar-refractivity contribution in [2.75, 3.05) is 41.4 Å². The molecule has 7 heteroatoms. The van der Waals surface area contributed by atoms with Crippen molar-refractivity contribution in [1.82, 2.24) is 10.6 Å². The van der Waals surface area contributed by atoms with E-state index in [1.165, 1.54) is 12.8 Å². The summed E-state index contributed by atoms with van der Waals surface area (Å²) in [6, 6.07) is 8.05. The molecular weight excluding hydrogens is 360 g/mol. The van der Waals surface area contributed by atoms with Gasteiger partial charge in [-0.05, 0) is 38.0 Å². The summed E-state index contributed by atoms with van der Waals surface area (Å²) in [5.74, 6) is 2.00. The minimum atomic E-state index is -0.185. The van der Waals surface area contributed by atoms with Crippen LogP contribution >= 0.6 is 11.8 Å². The lowest BCUT2D eigenvalue weighted by Gasteiger charge is -2.23. The van der Waals surface area contributed by atoms with Crippen LogP contribution in [0, 0.1) is 0 Å². The van der Waals surface area contributed by atoms with Crippen LogP contribution in [-0.2, 0) is 9.59 Å². The summed E-state index contributed by atoms with van der Waals surface area (Å²) in [4.78, 5) is 26.8. The molecule has 0 aromatic heterocycles. The third kappa shape index (κ3) is 6.43. The number of carbonyl (C=O) groups is 2. The van der Waals surface area contributed by atoms with Gasteiger partial charge in [0.25, 0.3) is 0 Å². The molecular formula is C20H30N4O2S. The Morgan fingerprint density at radius 3 is 2.85 bits per heavy atom. The van der Waals surface area contributed by atoms with E-state index >= 15 is 0 Å². The van der Waals surface area contributed by atoms with Gasteiger partial charge in [0.15, 0.2) is 0 Å². The number of thioether (sulfide) groups is 1. The molecule has 2 aliphatic heterocycles. The van der Waals surface area contributed by atoms with Crippen LogP contribution < -0.4 is 20.9 Å². The van der Waals surface area contributed by atoms with E-state index in [0.29, 0.717) is 6.42 Å². The van der Waals surface area contributed by atoms with Gasteiger partial charge in [0.1, 0.15) is 0 Å². The lowest BCUT2D eigenvalue weighted by atomic mass is 10.1. The number of rotatable bonds is 7. The normalized spacial score (nSPS) is 20.9. The maximum absolute atomic E-state index is 12.3. The largest absolute Gasteiger partial charge is 0.371 e. The lowest BCUT2D eigenvalue weighted by Crippen LogP contribution is -2.43. The summed E-state index contributed by atoms with van der Waals surface area (Å²) in [7, 11) is 0. The Kier molecular flexibility index (Phi) is 7.41. The molecule has 2 heterocycles. The number of hydrogen-bond donors (Lipinski definition) is 3. The molecule has 2 atom stereocenters. The monoisotopic (exact) mass is 390 g/mol. The smallest absolute Gasteiger partial charge is 0.226 e. The van der Waals surface area contributed by atoms with Crippen molar-refractivity contribution < 1.29 is 9.59 Å². The fourth-order valence-electron chi connectivity index (χ4n) is 3.61. The first-order valence-corrected chi connectivity index (χ1v) is 11.0. The van der Waals surface area contributed by atoms with Crippen molar-refractivity contribution in [3.63, 3.8) is 0 Å². The van der Waals surface area contributed by atoms with Gasteiger partial charge in [-0.25, -0.2) is 0 Å². The van der Waals surface area contributed by atoms with Gasteiger partial charge in [0.05, 0.1) is 0 Å². The van der Waals surface area contributed by atoms with Gasteiger partial charge in [0, 0.05) is 67.4 Å². The van der Waals surface area contributed by atoms with Crippen LogP contribution in [0.2, 0.25) is 0 Å². The number of carbonyl (C=O) groups excluding carboxylic acids is 2. The number of nitrogens with one attached hydrogen (secondary N) is 3. The van der Waals surface area contributed by atoms with Crippen LogP contribution in [-0.4, -0.2) is 55.0 Å². The predicted octanol–water partition coefficient (Wildman–Crippen LogP) is 2.22. The van der Waals surface area contributed by atoms with E-state index in [-0.39, 0.29) is 30.3 Å². The molecule has 2 unspecified atom stereocenters. The molecule has 2 amide bonds. The Balaban J connectivity index is 1.42. The molecule has 3 rings (SSSR count). The molecule has 2 saturated heterocycles. The van der Waals surface area contributed by atoms with Gasteiger partial charge in [-0.3, -0.25) is 9.59 Å². The Morgan fingerprint density at radius 1 is 1.30 bits per heavy atom. The average molecular weight is 391 g/mol. The predicted molar refractivity (Wildman–Crippen MR) is 112 cm³/mol. The Labute approximate surface area is 165 Å². The van der Waals surface area contributed by atoms with E-state index < -0.39 is 0 Å². The summed E-state index contributed by atoms with van der Waals surface area (Å²) >= 11 is 1.88. The fraction of sp³-hybridized carbons (Fsp3) is 0.600. The highest BCUT2D eigenvalue weighted by molar-refractivity contribution is 7.99. The minimum absolute atomic E-state index is 0.00586. The SMILES string of the molecule is CC(CC(=O)Nc1cccc(N2CCCC2)c1)NC(=O)CC1CSCCN1. The van der Waals surface area contributed by atoms with Gasteiger partial charge in [-0.2, -0.15) is 11.8 Å². The molecule has 2 fully saturated rings. The number of nitrogens with zero attached hydrogens (tertiary/aromatic N) is 1. The summed E-state index contributed by atoms with van der Waals surface area (Å²) in [6.07, 6.45) is 3.19. The third-order valence-electron chi connectivity index (χ3n) is 4.93. The second-order valence-electron chi connectivity index (χ2n) is 7.40. The Bertz CT molecular complexity index is 643. The molecule has 2 aliphatic rings. The van der Waals surface area contributed by atoms with E-state index in [4.69, 9.17) is 0 Å². The standard InChI is InChI=1S/C20H30N4O2S/c1-15(22-20(26)13-17-14-27-10-7-21-17)11-19(25)23-16-5-4-6-18(12-16)24-8-2-3-9-24/h4-6,12,15,17,21H,2-3,7-11,13-14H2,1H3,(H,22,26)(H,23,25). The van der Waals surface area contributed by atoms with Gasteiger partial charge in [-0.15, -0.1) is 0 Å². The summed E-state index contributed by atoms with van der Waals surface area (Å²) in [6.45, 7) is 4.99. The van der Waals surface area contributed by atoms with Crippen molar-refractivity contribution in [3.05, 3.63) is 24.3 Å². The first-order chi connectivity index (χ1) is 13.1. The van der Waals surface area contributed by atoms with Gasteiger partial charge in [-0.1, -0.05) is 6.07 Å². The van der Waals surface area contributed by atoms with Gasteiger partial charge < -0.3 is 20.9 Å². The number of anilines is 2. The summed E-state index contributed by atoms with van der Waals surface area (Å²) < 4.78 is 0. The second kappa shape index (κ2) is 9.99. The zero-order valence-corrected chi connectivity index (χ0v) is 16.8. The molecule has 0 saturated carbocycles. The van der Waals surface area contributed by atoms with E-state index in [1.807, 2.05) is 36.9 Å². The van der Waals surface area contributed by atoms with Crippen molar-refractivity contribution in [2.45, 2.75) is 44.7 Å². The van der Waals surface area contributed by atoms with Crippen molar-refractivity contribution in [1.29, 1.82) is 0 Å². The van der Waals surface area contributed by atoms with Crippen molar-refractivity contribution in [2.24, 2.45) is 0 Å². The summed E-state index contributed by atoms with van der Waals surface area (Å²) in [5, 5.41) is 9.26. The Morgan fingerprint density at radius 2 is 2.11 bits per heavy atom. The molecule has 3 N–H and O–H groups in total. The van der Waals surface area contributed by atoms with Crippen LogP contribution in [0.3, 0.4) is 0 Å². The third-order valence-corrected chi connectivity index (χ3v) is 6.06. The zero-order valence-electron chi connectivity index (χ0n) is 16.0. The summed E-state index contributed by atoms with van der Waals surface area (Å²) in [5.41, 5.74) is 1.97. The Hall–Kier alpha value is -1.73. The molecule has 27 heavy (non-hydrogen) atoms. The zero-order chi connectivity index (χ0) is 19.1. The molecule has 0 spiro atoms. The minimum Gasteiger partial charge on any atom is -0.371 e. The number of amides is 2. The maximum Gasteiger partial charge on any atom is 0.226 e. The fourth-order valence-corrected chi connectivity index (χ4v) is 4.55. The van der Waals surface area contributed by atoms with Gasteiger partial charge in [0.2, 0.25) is 11.8 Å². The highest BCUT2D eigenvalue weighted by atomic mass is 32.2. The van der Waals surface area contributed by atoms with Crippen LogP contribution in [0.25, 0.3) is 0 Å². The first kappa shape index (κ1) is 20.0. The topological polar surface area (TPSA) is 73.5 Å². The number of hydrogen-bond acceptors (Lipinski definition) is 5. The molecule has 0 bridgehead atoms. The van der Waals surface area contributed by atoms with Crippen LogP contribution in [0.5, 0.6) is 0 Å². The highest BCUT2D eigenvalue weighted by Crippen LogP contribution is 2.23. The van der Waals surface area contributed by atoms with E-state index in [0.717, 1.165) is 42.5 Å². The quantitative estimate of drug-likeness (QED) is 0.666. The van der Waals surface area contributed by atoms with Crippen molar-refractivity contribution >= 4 is 35.0 Å². The average Bonchev–Trinajstić information content (AvgIpc) is 3.17. The van der Waals surface area contributed by atoms with E-state index in [1.54, 1.807) is 0 Å². The molecule has 6 nitrogen and oxygen atoms in total. The van der Waals surface area contributed by atoms with Gasteiger partial charge >= 0.3 is 0 Å². The second-order valence-corrected chi connectivity index (χ2v) is 8.55. The lowest BCUT2D eigenvalue weighted by molar-refractivity contribution is -0.122. The molecule has 1 aromatic carbocycles. The molecule has 0 aliphatic carbocycles. The van der Waals surface area contributed by atoms with Crippen LogP contribution in [0.15, 0.2) is 24.3 Å². The van der Waals surface area contributed by atoms with Crippen LogP contribution in [0.4, 0.5) is 11.4 Å². The van der Waals surface area contributed by atoms with E-state index in [9.17, 15) is 9.59 Å². The number of benzene rings is 1. The first-order valence-electron chi connectivity index (χ1n) is 9.85. The molecule has 148 valence electrons. The maximum atomic E-state index is 12.3.